The lowest BCUT2D eigenvalue weighted by Gasteiger charge is -2.43. The zero-order valence-corrected chi connectivity index (χ0v) is 14.3. The molecule has 2 fully saturated rings. The highest BCUT2D eigenvalue weighted by Crippen LogP contribution is 2.34. The highest BCUT2D eigenvalue weighted by atomic mass is 32.2. The van der Waals surface area contributed by atoms with E-state index in [1.54, 1.807) is 0 Å². The lowest BCUT2D eigenvalue weighted by Crippen LogP contribution is -2.51. The normalized spacial score (nSPS) is 37.1. The van der Waals surface area contributed by atoms with Gasteiger partial charge in [0.2, 0.25) is 0 Å². The van der Waals surface area contributed by atoms with Crippen molar-refractivity contribution in [2.45, 2.75) is 46.1 Å². The van der Waals surface area contributed by atoms with Crippen molar-refractivity contribution in [2.75, 3.05) is 37.7 Å². The molecule has 1 saturated heterocycles. The number of nitrogens with zero attached hydrogens (tertiary/aromatic N) is 1. The molecular weight excluding hydrogens is 268 g/mol. The molecule has 0 aromatic heterocycles. The van der Waals surface area contributed by atoms with Crippen LogP contribution in [0.3, 0.4) is 0 Å². The maximum atomic E-state index is 11.5. The van der Waals surface area contributed by atoms with Crippen molar-refractivity contribution < 1.29 is 4.21 Å². The van der Waals surface area contributed by atoms with Crippen LogP contribution in [0.15, 0.2) is 0 Å². The smallest absolute Gasteiger partial charge is 0.0363 e. The molecule has 0 radical (unpaired) electrons. The monoisotopic (exact) mass is 300 g/mol. The Morgan fingerprint density at radius 1 is 1.20 bits per heavy atom. The largest absolute Gasteiger partial charge is 0.314 e. The molecule has 0 bridgehead atoms. The van der Waals surface area contributed by atoms with Crippen molar-refractivity contribution in [3.8, 4) is 0 Å². The molecule has 3 nitrogen and oxygen atoms in total. The first-order valence-electron chi connectivity index (χ1n) is 8.40. The van der Waals surface area contributed by atoms with E-state index in [1.807, 2.05) is 0 Å². The molecule has 20 heavy (non-hydrogen) atoms. The second-order valence-corrected chi connectivity index (χ2v) is 8.62. The summed E-state index contributed by atoms with van der Waals surface area (Å²) in [6, 6.07) is 0.682. The van der Waals surface area contributed by atoms with Gasteiger partial charge >= 0.3 is 0 Å². The highest BCUT2D eigenvalue weighted by molar-refractivity contribution is 7.85. The van der Waals surface area contributed by atoms with E-state index in [-0.39, 0.29) is 0 Å². The Balaban J connectivity index is 1.92. The van der Waals surface area contributed by atoms with Gasteiger partial charge in [-0.3, -0.25) is 4.21 Å². The molecule has 0 aromatic rings. The van der Waals surface area contributed by atoms with Gasteiger partial charge in [0, 0.05) is 48.0 Å². The Hall–Kier alpha value is 0.0700. The Bertz CT molecular complexity index is 314. The maximum Gasteiger partial charge on any atom is 0.0363 e. The summed E-state index contributed by atoms with van der Waals surface area (Å²) in [5, 5.41) is 3.79. The third-order valence-electron chi connectivity index (χ3n) is 5.07. The third-order valence-corrected chi connectivity index (χ3v) is 6.35. The fourth-order valence-corrected chi connectivity index (χ4v) is 5.07. The van der Waals surface area contributed by atoms with Crippen molar-refractivity contribution >= 4 is 10.8 Å². The van der Waals surface area contributed by atoms with E-state index in [2.05, 4.69) is 31.0 Å². The first-order chi connectivity index (χ1) is 9.60. The number of hydrogen-bond acceptors (Lipinski definition) is 3. The van der Waals surface area contributed by atoms with E-state index in [4.69, 9.17) is 0 Å². The number of nitrogens with one attached hydrogen (secondary N) is 1. The van der Waals surface area contributed by atoms with Crippen LogP contribution in [0.2, 0.25) is 0 Å². The van der Waals surface area contributed by atoms with Gasteiger partial charge in [-0.15, -0.1) is 0 Å². The Kier molecular flexibility index (Phi) is 6.50. The van der Waals surface area contributed by atoms with Gasteiger partial charge in [-0.2, -0.15) is 0 Å². The van der Waals surface area contributed by atoms with Gasteiger partial charge in [0.1, 0.15) is 0 Å². The van der Waals surface area contributed by atoms with E-state index in [1.165, 1.54) is 25.8 Å². The van der Waals surface area contributed by atoms with Gasteiger partial charge in [-0.05, 0) is 43.6 Å². The van der Waals surface area contributed by atoms with E-state index in [9.17, 15) is 4.21 Å². The van der Waals surface area contributed by atoms with E-state index in [0.717, 1.165) is 48.9 Å². The van der Waals surface area contributed by atoms with Gasteiger partial charge in [0.25, 0.3) is 0 Å². The zero-order chi connectivity index (χ0) is 14.5. The molecule has 4 unspecified atom stereocenters. The van der Waals surface area contributed by atoms with Crippen molar-refractivity contribution in [3.05, 3.63) is 0 Å². The van der Waals surface area contributed by atoms with Crippen LogP contribution in [0.5, 0.6) is 0 Å². The van der Waals surface area contributed by atoms with Crippen molar-refractivity contribution in [2.24, 2.45) is 17.8 Å². The molecule has 4 atom stereocenters. The minimum atomic E-state index is -0.553. The molecule has 1 saturated carbocycles. The predicted molar refractivity (Wildman–Crippen MR) is 87.5 cm³/mol. The fraction of sp³-hybridized carbons (Fsp3) is 1.00. The van der Waals surface area contributed by atoms with Gasteiger partial charge in [-0.25, -0.2) is 0 Å². The van der Waals surface area contributed by atoms with Gasteiger partial charge in [-0.1, -0.05) is 20.8 Å². The third kappa shape index (κ3) is 4.54. The second-order valence-electron chi connectivity index (χ2n) is 6.93. The summed E-state index contributed by atoms with van der Waals surface area (Å²) in [6.07, 6.45) is 3.91. The Morgan fingerprint density at radius 3 is 2.55 bits per heavy atom. The highest BCUT2D eigenvalue weighted by Gasteiger charge is 2.35. The Morgan fingerprint density at radius 2 is 1.90 bits per heavy atom. The van der Waals surface area contributed by atoms with Crippen LogP contribution < -0.4 is 5.32 Å². The first-order valence-corrected chi connectivity index (χ1v) is 9.89. The van der Waals surface area contributed by atoms with Crippen molar-refractivity contribution in [1.29, 1.82) is 0 Å². The molecule has 118 valence electrons. The molecule has 0 aromatic carbocycles. The van der Waals surface area contributed by atoms with E-state index in [0.29, 0.717) is 6.04 Å². The minimum absolute atomic E-state index is 0.553. The average molecular weight is 301 g/mol. The maximum absolute atomic E-state index is 11.5. The van der Waals surface area contributed by atoms with Crippen LogP contribution in [-0.2, 0) is 10.8 Å². The van der Waals surface area contributed by atoms with Crippen LogP contribution in [0.4, 0.5) is 0 Å². The van der Waals surface area contributed by atoms with Gasteiger partial charge in [0.05, 0.1) is 0 Å². The standard InChI is InChI=1S/C16H32N2OS/c1-4-5-17-16-11-13(2)10-14(3)15(16)12-18-6-8-20(19)9-7-18/h13-17H,4-12H2,1-3H3. The Labute approximate surface area is 127 Å². The minimum Gasteiger partial charge on any atom is -0.314 e. The fourth-order valence-electron chi connectivity index (χ4n) is 3.94. The summed E-state index contributed by atoms with van der Waals surface area (Å²) in [4.78, 5) is 2.55. The summed E-state index contributed by atoms with van der Waals surface area (Å²) in [6.45, 7) is 11.5. The molecule has 4 heteroatoms. The number of hydrogen-bond donors (Lipinski definition) is 1. The number of rotatable bonds is 5. The lowest BCUT2D eigenvalue weighted by atomic mass is 9.72. The average Bonchev–Trinajstić information content (AvgIpc) is 2.42. The van der Waals surface area contributed by atoms with Crippen LogP contribution >= 0.6 is 0 Å². The van der Waals surface area contributed by atoms with Gasteiger partial charge < -0.3 is 10.2 Å². The molecule has 1 aliphatic heterocycles. The molecular formula is C16H32N2OS. The van der Waals surface area contributed by atoms with Crippen molar-refractivity contribution in [3.63, 3.8) is 0 Å². The summed E-state index contributed by atoms with van der Waals surface area (Å²) in [5.41, 5.74) is 0. The zero-order valence-electron chi connectivity index (χ0n) is 13.4. The summed E-state index contributed by atoms with van der Waals surface area (Å²) in [5.74, 6) is 4.18. The van der Waals surface area contributed by atoms with Crippen molar-refractivity contribution in [1.82, 2.24) is 10.2 Å². The molecule has 2 rings (SSSR count). The molecule has 0 amide bonds. The lowest BCUT2D eigenvalue weighted by molar-refractivity contribution is 0.105. The van der Waals surface area contributed by atoms with Gasteiger partial charge in [0.15, 0.2) is 0 Å². The molecule has 0 spiro atoms. The summed E-state index contributed by atoms with van der Waals surface area (Å²) >= 11 is 0. The predicted octanol–water partition coefficient (Wildman–Crippen LogP) is 2.10. The summed E-state index contributed by atoms with van der Waals surface area (Å²) in [7, 11) is -0.553. The topological polar surface area (TPSA) is 32.3 Å². The molecule has 1 heterocycles. The SMILES string of the molecule is CCCNC1CC(C)CC(C)C1CN1CCS(=O)CC1. The first kappa shape index (κ1) is 16.4. The van der Waals surface area contributed by atoms with Crippen LogP contribution in [0.25, 0.3) is 0 Å². The van der Waals surface area contributed by atoms with Crippen LogP contribution in [-0.4, -0.2) is 52.8 Å². The molecule has 1 aliphatic carbocycles. The van der Waals surface area contributed by atoms with E-state index >= 15 is 0 Å². The quantitative estimate of drug-likeness (QED) is 0.844. The molecule has 2 aliphatic rings. The van der Waals surface area contributed by atoms with Crippen LogP contribution in [0, 0.1) is 17.8 Å². The van der Waals surface area contributed by atoms with E-state index < -0.39 is 10.8 Å². The summed E-state index contributed by atoms with van der Waals surface area (Å²) < 4.78 is 11.5. The second kappa shape index (κ2) is 7.90. The molecule has 1 N–H and O–H groups in total. The van der Waals surface area contributed by atoms with Crippen LogP contribution in [0.1, 0.15) is 40.0 Å².